The number of benzene rings is 1. The molecule has 3 aromatic heterocycles. The molecule has 8 nitrogen and oxygen atoms in total. The molecule has 2 amide bonds. The summed E-state index contributed by atoms with van der Waals surface area (Å²) < 4.78 is 7.26. The van der Waals surface area contributed by atoms with Crippen LogP contribution in [-0.4, -0.2) is 32.7 Å². The van der Waals surface area contributed by atoms with E-state index in [4.69, 9.17) is 9.72 Å². The molecule has 4 heterocycles. The summed E-state index contributed by atoms with van der Waals surface area (Å²) in [6.45, 7) is 3.54. The maximum absolute atomic E-state index is 13.3. The van der Waals surface area contributed by atoms with Crippen molar-refractivity contribution in [3.63, 3.8) is 0 Å². The molecule has 31 heavy (non-hydrogen) atoms. The van der Waals surface area contributed by atoms with Crippen LogP contribution in [-0.2, 0) is 11.8 Å². The average Bonchev–Trinajstić information content (AvgIpc) is 3.37. The minimum absolute atomic E-state index is 0.224. The summed E-state index contributed by atoms with van der Waals surface area (Å²) in [5.41, 5.74) is 3.66. The molecule has 1 aliphatic heterocycles. The molecule has 1 unspecified atom stereocenters. The summed E-state index contributed by atoms with van der Waals surface area (Å²) in [5.74, 6) is 0.0653. The molecule has 2 N–H and O–H groups in total. The molecule has 1 atom stereocenters. The molecule has 0 fully saturated rings. The van der Waals surface area contributed by atoms with Gasteiger partial charge in [0.25, 0.3) is 11.8 Å². The quantitative estimate of drug-likeness (QED) is 0.509. The zero-order valence-electron chi connectivity index (χ0n) is 17.1. The second-order valence-corrected chi connectivity index (χ2v) is 8.30. The maximum atomic E-state index is 13.3. The molecular formula is C22H19N5O3S. The number of thiophene rings is 1. The van der Waals surface area contributed by atoms with Crippen LogP contribution in [0.4, 0.5) is 11.4 Å². The molecule has 1 aliphatic rings. The summed E-state index contributed by atoms with van der Waals surface area (Å²) in [6, 6.07) is 10.9. The molecule has 0 radical (unpaired) electrons. The first-order valence-electron chi connectivity index (χ1n) is 9.72. The number of pyridine rings is 1. The first-order chi connectivity index (χ1) is 14.9. The molecule has 0 saturated carbocycles. The molecule has 5 rings (SSSR count). The van der Waals surface area contributed by atoms with E-state index >= 15 is 0 Å². The van der Waals surface area contributed by atoms with E-state index in [1.807, 2.05) is 31.5 Å². The Balaban J connectivity index is 1.54. The van der Waals surface area contributed by atoms with Gasteiger partial charge in [0.15, 0.2) is 11.8 Å². The first kappa shape index (κ1) is 19.3. The van der Waals surface area contributed by atoms with Gasteiger partial charge >= 0.3 is 0 Å². The van der Waals surface area contributed by atoms with Crippen LogP contribution in [0.15, 0.2) is 41.8 Å². The zero-order chi connectivity index (χ0) is 21.7. The summed E-state index contributed by atoms with van der Waals surface area (Å²) in [4.78, 5) is 30.9. The minimum Gasteiger partial charge on any atom is -0.479 e. The number of hydrogen-bond donors (Lipinski definition) is 2. The van der Waals surface area contributed by atoms with Gasteiger partial charge in [0.1, 0.15) is 5.75 Å². The summed E-state index contributed by atoms with van der Waals surface area (Å²) in [7, 11) is 1.81. The van der Waals surface area contributed by atoms with Gasteiger partial charge in [-0.1, -0.05) is 6.07 Å². The highest BCUT2D eigenvalue weighted by Gasteiger charge is 2.24. The lowest BCUT2D eigenvalue weighted by Crippen LogP contribution is -2.34. The number of aromatic nitrogens is 3. The van der Waals surface area contributed by atoms with E-state index in [2.05, 4.69) is 15.7 Å². The number of fused-ring (bicyclic) bond motifs is 2. The molecule has 0 aliphatic carbocycles. The van der Waals surface area contributed by atoms with Crippen molar-refractivity contribution in [1.29, 1.82) is 0 Å². The van der Waals surface area contributed by atoms with Gasteiger partial charge in [-0.05, 0) is 49.6 Å². The van der Waals surface area contributed by atoms with Crippen LogP contribution in [0.1, 0.15) is 23.0 Å². The molecule has 9 heteroatoms. The van der Waals surface area contributed by atoms with E-state index in [-0.39, 0.29) is 11.8 Å². The van der Waals surface area contributed by atoms with Gasteiger partial charge in [0.2, 0.25) is 0 Å². The standard InChI is InChI=1S/C22H19N5O3S/c1-11-19-14(10-16(18-5-4-8-31-18)24-20(19)27(3)26-11)22(29)23-13-6-7-17-15(9-13)25-21(28)12(2)30-17/h4-10,12H,1-3H3,(H,23,29)(H,25,28). The van der Waals surface area contributed by atoms with Crippen LogP contribution in [0, 0.1) is 6.92 Å². The lowest BCUT2D eigenvalue weighted by molar-refractivity contribution is -0.122. The fourth-order valence-electron chi connectivity index (χ4n) is 3.66. The SMILES string of the molecule is Cc1nn(C)c2nc(-c3cccs3)cc(C(=O)Nc3ccc4c(c3)NC(=O)C(C)O4)c12. The Morgan fingerprint density at radius 2 is 2.13 bits per heavy atom. The zero-order valence-corrected chi connectivity index (χ0v) is 17.9. The predicted molar refractivity (Wildman–Crippen MR) is 120 cm³/mol. The summed E-state index contributed by atoms with van der Waals surface area (Å²) in [5, 5.41) is 12.9. The largest absolute Gasteiger partial charge is 0.479 e. The topological polar surface area (TPSA) is 98.1 Å². The minimum atomic E-state index is -0.553. The number of ether oxygens (including phenoxy) is 1. The van der Waals surface area contributed by atoms with E-state index < -0.39 is 6.10 Å². The highest BCUT2D eigenvalue weighted by atomic mass is 32.1. The fraction of sp³-hybridized carbons (Fsp3) is 0.182. The lowest BCUT2D eigenvalue weighted by Gasteiger charge is -2.23. The number of aryl methyl sites for hydroxylation is 2. The van der Waals surface area contributed by atoms with E-state index in [9.17, 15) is 9.59 Å². The number of hydrogen-bond acceptors (Lipinski definition) is 6. The average molecular weight is 433 g/mol. The van der Waals surface area contributed by atoms with Crippen molar-refractivity contribution >= 4 is 45.6 Å². The summed E-state index contributed by atoms with van der Waals surface area (Å²) >= 11 is 1.56. The molecule has 4 aromatic rings. The molecule has 1 aromatic carbocycles. The van der Waals surface area contributed by atoms with E-state index in [0.29, 0.717) is 33.7 Å². The number of nitrogens with zero attached hydrogens (tertiary/aromatic N) is 3. The monoisotopic (exact) mass is 433 g/mol. The van der Waals surface area contributed by atoms with Crippen LogP contribution in [0.2, 0.25) is 0 Å². The normalized spacial score (nSPS) is 15.3. The predicted octanol–water partition coefficient (Wildman–Crippen LogP) is 3.98. The Morgan fingerprint density at radius 3 is 2.90 bits per heavy atom. The van der Waals surface area contributed by atoms with E-state index in [1.165, 1.54) is 0 Å². The number of anilines is 2. The van der Waals surface area contributed by atoms with E-state index in [0.717, 1.165) is 16.3 Å². The van der Waals surface area contributed by atoms with Gasteiger partial charge in [0, 0.05) is 12.7 Å². The highest BCUT2D eigenvalue weighted by Crippen LogP contribution is 2.33. The summed E-state index contributed by atoms with van der Waals surface area (Å²) in [6.07, 6.45) is -0.553. The van der Waals surface area contributed by atoms with Crippen LogP contribution < -0.4 is 15.4 Å². The van der Waals surface area contributed by atoms with Gasteiger partial charge in [0.05, 0.1) is 32.9 Å². The molecule has 0 saturated heterocycles. The Bertz CT molecular complexity index is 1340. The van der Waals surface area contributed by atoms with Crippen molar-refractivity contribution < 1.29 is 14.3 Å². The van der Waals surface area contributed by atoms with Crippen molar-refractivity contribution in [1.82, 2.24) is 14.8 Å². The number of rotatable bonds is 3. The molecule has 156 valence electrons. The number of amides is 2. The molecule has 0 bridgehead atoms. The third kappa shape index (κ3) is 3.32. The van der Waals surface area contributed by atoms with Crippen molar-refractivity contribution in [3.05, 3.63) is 53.0 Å². The van der Waals surface area contributed by atoms with Gasteiger partial charge in [-0.25, -0.2) is 4.98 Å². The Morgan fingerprint density at radius 1 is 1.29 bits per heavy atom. The lowest BCUT2D eigenvalue weighted by atomic mass is 10.1. The number of nitrogens with one attached hydrogen (secondary N) is 2. The smallest absolute Gasteiger partial charge is 0.265 e. The van der Waals surface area contributed by atoms with Crippen LogP contribution in [0.5, 0.6) is 5.75 Å². The van der Waals surface area contributed by atoms with Crippen molar-refractivity contribution in [2.45, 2.75) is 20.0 Å². The maximum Gasteiger partial charge on any atom is 0.265 e. The van der Waals surface area contributed by atoms with Gasteiger partial charge < -0.3 is 15.4 Å². The Kier molecular flexibility index (Phi) is 4.48. The third-order valence-electron chi connectivity index (χ3n) is 5.16. The second kappa shape index (κ2) is 7.21. The Hall–Kier alpha value is -3.72. The highest BCUT2D eigenvalue weighted by molar-refractivity contribution is 7.13. The van der Waals surface area contributed by atoms with Crippen LogP contribution in [0.25, 0.3) is 21.6 Å². The second-order valence-electron chi connectivity index (χ2n) is 7.35. The van der Waals surface area contributed by atoms with Gasteiger partial charge in [-0.3, -0.25) is 14.3 Å². The number of carbonyl (C=O) groups excluding carboxylic acids is 2. The van der Waals surface area contributed by atoms with Crippen molar-refractivity contribution in [3.8, 4) is 16.3 Å². The molecule has 0 spiro atoms. The van der Waals surface area contributed by atoms with Crippen LogP contribution in [0.3, 0.4) is 0 Å². The van der Waals surface area contributed by atoms with Crippen molar-refractivity contribution in [2.24, 2.45) is 7.05 Å². The fourth-order valence-corrected chi connectivity index (χ4v) is 4.35. The van der Waals surface area contributed by atoms with Crippen LogP contribution >= 0.6 is 11.3 Å². The van der Waals surface area contributed by atoms with Gasteiger partial charge in [-0.15, -0.1) is 11.3 Å². The van der Waals surface area contributed by atoms with E-state index in [1.54, 1.807) is 47.2 Å². The molecular weight excluding hydrogens is 414 g/mol. The van der Waals surface area contributed by atoms with Crippen molar-refractivity contribution in [2.75, 3.05) is 10.6 Å². The first-order valence-corrected chi connectivity index (χ1v) is 10.6. The third-order valence-corrected chi connectivity index (χ3v) is 6.05. The number of carbonyl (C=O) groups is 2. The van der Waals surface area contributed by atoms with Gasteiger partial charge in [-0.2, -0.15) is 5.10 Å². The Labute approximate surface area is 181 Å².